The summed E-state index contributed by atoms with van der Waals surface area (Å²) in [5, 5.41) is 0. The van der Waals surface area contributed by atoms with E-state index in [-0.39, 0.29) is 12.7 Å². The minimum absolute atomic E-state index is 0.260. The molecule has 0 aliphatic carbocycles. The van der Waals surface area contributed by atoms with Gasteiger partial charge in [0.1, 0.15) is 0 Å². The summed E-state index contributed by atoms with van der Waals surface area (Å²) < 4.78 is 6.62. The van der Waals surface area contributed by atoms with E-state index in [1.807, 2.05) is 36.0 Å². The highest BCUT2D eigenvalue weighted by Gasteiger charge is 2.00. The Morgan fingerprint density at radius 3 is 3.00 bits per heavy atom. The molecular weight excluding hydrogens is 154 g/mol. The normalized spacial score (nSPS) is 9.50. The minimum Gasteiger partial charge on any atom is -0.405 e. The second-order valence-electron chi connectivity index (χ2n) is 2.66. The van der Waals surface area contributed by atoms with Gasteiger partial charge < -0.3 is 4.74 Å². The summed E-state index contributed by atoms with van der Waals surface area (Å²) in [5.74, 6) is -0.260. The Morgan fingerprint density at radius 1 is 1.67 bits per heavy atom. The summed E-state index contributed by atoms with van der Waals surface area (Å²) >= 11 is 0. The van der Waals surface area contributed by atoms with E-state index in [1.165, 1.54) is 6.92 Å². The lowest BCUT2D eigenvalue weighted by molar-refractivity contribution is -0.727. The lowest BCUT2D eigenvalue weighted by Crippen LogP contribution is -2.35. The van der Waals surface area contributed by atoms with Gasteiger partial charge >= 0.3 is 5.97 Å². The highest BCUT2D eigenvalue weighted by atomic mass is 16.5. The molecular formula is C9H12NO2+. The van der Waals surface area contributed by atoms with Crippen molar-refractivity contribution in [1.82, 2.24) is 0 Å². The number of hydrogen-bond donors (Lipinski definition) is 0. The molecule has 0 aromatic carbocycles. The van der Waals surface area contributed by atoms with Crippen molar-refractivity contribution in [2.45, 2.75) is 20.6 Å². The smallest absolute Gasteiger partial charge is 0.307 e. The van der Waals surface area contributed by atoms with Crippen LogP contribution in [0.25, 0.3) is 0 Å². The zero-order valence-electron chi connectivity index (χ0n) is 7.28. The van der Waals surface area contributed by atoms with Crippen LogP contribution in [0.15, 0.2) is 24.5 Å². The van der Waals surface area contributed by atoms with Crippen LogP contribution in [0.1, 0.15) is 12.5 Å². The lowest BCUT2D eigenvalue weighted by atomic mass is 10.3. The van der Waals surface area contributed by atoms with Crippen LogP contribution in [0.4, 0.5) is 0 Å². The fourth-order valence-electron chi connectivity index (χ4n) is 0.899. The number of pyridine rings is 1. The third-order valence-corrected chi connectivity index (χ3v) is 1.42. The molecule has 64 valence electrons. The fraction of sp³-hybridized carbons (Fsp3) is 0.333. The Balaban J connectivity index is 2.57. The van der Waals surface area contributed by atoms with Crippen molar-refractivity contribution >= 4 is 5.97 Å². The lowest BCUT2D eigenvalue weighted by Gasteiger charge is -1.97. The summed E-state index contributed by atoms with van der Waals surface area (Å²) in [6.07, 6.45) is 3.78. The van der Waals surface area contributed by atoms with Crippen molar-refractivity contribution in [1.29, 1.82) is 0 Å². The van der Waals surface area contributed by atoms with Gasteiger partial charge in [-0.05, 0) is 13.0 Å². The van der Waals surface area contributed by atoms with E-state index in [9.17, 15) is 4.79 Å². The number of aromatic nitrogens is 1. The van der Waals surface area contributed by atoms with Crippen LogP contribution in [0.3, 0.4) is 0 Å². The van der Waals surface area contributed by atoms with E-state index < -0.39 is 0 Å². The van der Waals surface area contributed by atoms with Gasteiger partial charge in [0.05, 0.1) is 0 Å². The molecule has 0 amide bonds. The first-order valence-electron chi connectivity index (χ1n) is 3.77. The summed E-state index contributed by atoms with van der Waals surface area (Å²) in [7, 11) is 0. The molecule has 0 saturated carbocycles. The molecule has 1 rings (SSSR count). The summed E-state index contributed by atoms with van der Waals surface area (Å²) in [6.45, 7) is 3.68. The largest absolute Gasteiger partial charge is 0.405 e. The summed E-state index contributed by atoms with van der Waals surface area (Å²) in [6, 6.07) is 3.91. The molecule has 1 heterocycles. The van der Waals surface area contributed by atoms with E-state index in [2.05, 4.69) is 0 Å². The maximum atomic E-state index is 10.5. The first-order chi connectivity index (χ1) is 5.68. The molecule has 0 aliphatic rings. The van der Waals surface area contributed by atoms with Crippen molar-refractivity contribution < 1.29 is 14.1 Å². The zero-order valence-corrected chi connectivity index (χ0v) is 7.28. The maximum Gasteiger partial charge on any atom is 0.307 e. The van der Waals surface area contributed by atoms with E-state index in [1.54, 1.807) is 0 Å². The van der Waals surface area contributed by atoms with Crippen LogP contribution < -0.4 is 4.57 Å². The Bertz CT molecular complexity index is 284. The quantitative estimate of drug-likeness (QED) is 0.480. The standard InChI is InChI=1S/C9H12NO2/c1-8-4-3-5-10(6-8)7-12-9(2)11/h3-6H,7H2,1-2H3/q+1. The Hall–Kier alpha value is -1.38. The van der Waals surface area contributed by atoms with Gasteiger partial charge in [0.15, 0.2) is 12.4 Å². The van der Waals surface area contributed by atoms with E-state index >= 15 is 0 Å². The molecule has 0 saturated heterocycles. The molecule has 3 heteroatoms. The molecule has 3 nitrogen and oxygen atoms in total. The van der Waals surface area contributed by atoms with Gasteiger partial charge in [-0.25, -0.2) is 0 Å². The molecule has 0 fully saturated rings. The third kappa shape index (κ3) is 2.70. The van der Waals surface area contributed by atoms with Crippen molar-refractivity contribution in [2.75, 3.05) is 0 Å². The van der Waals surface area contributed by atoms with Gasteiger partial charge in [-0.1, -0.05) is 0 Å². The topological polar surface area (TPSA) is 30.2 Å². The van der Waals surface area contributed by atoms with Crippen LogP contribution in [0.5, 0.6) is 0 Å². The third-order valence-electron chi connectivity index (χ3n) is 1.42. The second kappa shape index (κ2) is 3.85. The van der Waals surface area contributed by atoms with Gasteiger partial charge in [-0.2, -0.15) is 4.57 Å². The van der Waals surface area contributed by atoms with Gasteiger partial charge in [0.25, 0.3) is 6.73 Å². The first-order valence-corrected chi connectivity index (χ1v) is 3.77. The van der Waals surface area contributed by atoms with Gasteiger partial charge in [0, 0.05) is 18.6 Å². The number of aryl methyl sites for hydroxylation is 1. The predicted molar refractivity (Wildman–Crippen MR) is 43.1 cm³/mol. The molecule has 1 aromatic heterocycles. The van der Waals surface area contributed by atoms with E-state index in [0.717, 1.165) is 5.56 Å². The van der Waals surface area contributed by atoms with E-state index in [0.29, 0.717) is 0 Å². The highest BCUT2D eigenvalue weighted by Crippen LogP contribution is 1.89. The number of carbonyl (C=O) groups excluding carboxylic acids is 1. The predicted octanol–water partition coefficient (Wildman–Crippen LogP) is 0.803. The van der Waals surface area contributed by atoms with Crippen molar-refractivity contribution in [3.63, 3.8) is 0 Å². The Labute approximate surface area is 71.6 Å². The molecule has 0 atom stereocenters. The SMILES string of the molecule is CC(=O)OC[n+]1cccc(C)c1. The fourth-order valence-corrected chi connectivity index (χ4v) is 0.899. The minimum atomic E-state index is -0.260. The van der Waals surface area contributed by atoms with Crippen LogP contribution >= 0.6 is 0 Å². The Kier molecular flexibility index (Phi) is 2.80. The summed E-state index contributed by atoms with van der Waals surface area (Å²) in [5.41, 5.74) is 1.14. The van der Waals surface area contributed by atoms with E-state index in [4.69, 9.17) is 4.74 Å². The zero-order chi connectivity index (χ0) is 8.97. The number of carbonyl (C=O) groups is 1. The van der Waals surface area contributed by atoms with Gasteiger partial charge in [-0.3, -0.25) is 4.79 Å². The van der Waals surface area contributed by atoms with Crippen LogP contribution in [0.2, 0.25) is 0 Å². The highest BCUT2D eigenvalue weighted by molar-refractivity contribution is 5.65. The number of rotatable bonds is 2. The Morgan fingerprint density at radius 2 is 2.42 bits per heavy atom. The molecule has 0 aliphatic heterocycles. The number of hydrogen-bond acceptors (Lipinski definition) is 2. The van der Waals surface area contributed by atoms with Gasteiger partial charge in [-0.15, -0.1) is 0 Å². The molecule has 0 unspecified atom stereocenters. The number of nitrogens with zero attached hydrogens (tertiary/aromatic N) is 1. The molecule has 0 N–H and O–H groups in total. The number of esters is 1. The van der Waals surface area contributed by atoms with Crippen molar-refractivity contribution in [2.24, 2.45) is 0 Å². The molecule has 0 bridgehead atoms. The average molecular weight is 166 g/mol. The molecule has 12 heavy (non-hydrogen) atoms. The molecule has 0 radical (unpaired) electrons. The second-order valence-corrected chi connectivity index (χ2v) is 2.66. The molecule has 1 aromatic rings. The average Bonchev–Trinajstić information content (AvgIpc) is 2.01. The van der Waals surface area contributed by atoms with Crippen LogP contribution in [0, 0.1) is 6.92 Å². The number of ether oxygens (including phenoxy) is 1. The maximum absolute atomic E-state index is 10.5. The van der Waals surface area contributed by atoms with Crippen molar-refractivity contribution in [3.8, 4) is 0 Å². The monoisotopic (exact) mass is 166 g/mol. The van der Waals surface area contributed by atoms with Crippen LogP contribution in [-0.2, 0) is 16.3 Å². The summed E-state index contributed by atoms with van der Waals surface area (Å²) in [4.78, 5) is 10.5. The van der Waals surface area contributed by atoms with Crippen LogP contribution in [-0.4, -0.2) is 5.97 Å². The van der Waals surface area contributed by atoms with Gasteiger partial charge in [0.2, 0.25) is 0 Å². The first kappa shape index (κ1) is 8.71. The van der Waals surface area contributed by atoms with Crippen molar-refractivity contribution in [3.05, 3.63) is 30.1 Å². The molecule has 0 spiro atoms.